The number of hydrogen-bond acceptors (Lipinski definition) is 3. The number of carbonyl (C=O) groups is 1. The summed E-state index contributed by atoms with van der Waals surface area (Å²) in [6.07, 6.45) is 1.59. The zero-order valence-electron chi connectivity index (χ0n) is 10.9. The van der Waals surface area contributed by atoms with E-state index in [1.54, 1.807) is 11.9 Å². The highest BCUT2D eigenvalue weighted by Crippen LogP contribution is 2.33. The molecule has 0 fully saturated rings. The maximum atomic E-state index is 12.4. The van der Waals surface area contributed by atoms with Gasteiger partial charge < -0.3 is 15.4 Å². The van der Waals surface area contributed by atoms with Gasteiger partial charge in [-0.05, 0) is 18.6 Å². The number of nitrogens with two attached hydrogens (primary N) is 1. The van der Waals surface area contributed by atoms with Crippen LogP contribution in [0.3, 0.4) is 0 Å². The first-order valence-corrected chi connectivity index (χ1v) is 6.16. The van der Waals surface area contributed by atoms with Crippen LogP contribution in [0.2, 0.25) is 0 Å². The van der Waals surface area contributed by atoms with Crippen molar-refractivity contribution in [2.75, 3.05) is 25.1 Å². The van der Waals surface area contributed by atoms with Crippen molar-refractivity contribution in [2.45, 2.75) is 12.8 Å². The summed E-state index contributed by atoms with van der Waals surface area (Å²) in [6.45, 7) is 0.255. The standard InChI is InChI=1S/C14H17FN2O2/c1-17-12-3-2-4-13(11(12)5-6-14(17)18)19-9-10(7-15)8-16/h2-4,7H,5-6,8-9,16H2,1H3/b10-7+. The van der Waals surface area contributed by atoms with Gasteiger partial charge in [0.05, 0.1) is 12.0 Å². The van der Waals surface area contributed by atoms with Gasteiger partial charge in [-0.25, -0.2) is 4.39 Å². The number of hydrogen-bond donors (Lipinski definition) is 1. The lowest BCUT2D eigenvalue weighted by atomic mass is 10.0. The zero-order valence-corrected chi connectivity index (χ0v) is 10.9. The predicted octanol–water partition coefficient (Wildman–Crippen LogP) is 1.79. The second-order valence-corrected chi connectivity index (χ2v) is 4.47. The van der Waals surface area contributed by atoms with Crippen molar-refractivity contribution in [2.24, 2.45) is 5.73 Å². The summed E-state index contributed by atoms with van der Waals surface area (Å²) in [5.74, 6) is 0.778. The second-order valence-electron chi connectivity index (χ2n) is 4.47. The monoisotopic (exact) mass is 264 g/mol. The molecule has 1 aromatic carbocycles. The van der Waals surface area contributed by atoms with Crippen LogP contribution in [-0.2, 0) is 11.2 Å². The fraction of sp³-hybridized carbons (Fsp3) is 0.357. The Morgan fingerprint density at radius 2 is 2.32 bits per heavy atom. The van der Waals surface area contributed by atoms with Gasteiger partial charge in [0.1, 0.15) is 12.4 Å². The molecule has 1 aliphatic rings. The summed E-state index contributed by atoms with van der Waals surface area (Å²) < 4.78 is 18.0. The third kappa shape index (κ3) is 2.76. The van der Waals surface area contributed by atoms with E-state index in [0.29, 0.717) is 30.5 Å². The Kier molecular flexibility index (Phi) is 4.16. The normalized spacial score (nSPS) is 15.4. The van der Waals surface area contributed by atoms with Crippen LogP contribution in [0, 0.1) is 0 Å². The van der Waals surface area contributed by atoms with Crippen molar-refractivity contribution < 1.29 is 13.9 Å². The number of amides is 1. The molecule has 0 aliphatic carbocycles. The van der Waals surface area contributed by atoms with Gasteiger partial charge in [-0.2, -0.15) is 0 Å². The first-order valence-electron chi connectivity index (χ1n) is 6.16. The third-order valence-electron chi connectivity index (χ3n) is 3.26. The molecule has 1 heterocycles. The van der Waals surface area contributed by atoms with E-state index in [-0.39, 0.29) is 19.1 Å². The molecule has 1 aliphatic heterocycles. The van der Waals surface area contributed by atoms with E-state index in [0.717, 1.165) is 11.3 Å². The molecule has 0 unspecified atom stereocenters. The molecule has 0 saturated heterocycles. The van der Waals surface area contributed by atoms with E-state index in [1.165, 1.54) is 0 Å². The molecule has 0 aromatic heterocycles. The van der Waals surface area contributed by atoms with Crippen molar-refractivity contribution in [1.82, 2.24) is 0 Å². The molecule has 4 nitrogen and oxygen atoms in total. The first kappa shape index (κ1) is 13.5. The van der Waals surface area contributed by atoms with Crippen molar-refractivity contribution in [3.63, 3.8) is 0 Å². The van der Waals surface area contributed by atoms with Gasteiger partial charge in [0, 0.05) is 31.1 Å². The molecule has 1 aromatic rings. The quantitative estimate of drug-likeness (QED) is 0.902. The van der Waals surface area contributed by atoms with Gasteiger partial charge in [0.15, 0.2) is 0 Å². The molecule has 0 atom stereocenters. The minimum atomic E-state index is 0.0935. The molecule has 2 rings (SSSR count). The number of rotatable bonds is 4. The first-order chi connectivity index (χ1) is 9.17. The molecule has 0 saturated carbocycles. The molecule has 102 valence electrons. The van der Waals surface area contributed by atoms with Crippen LogP contribution in [0.1, 0.15) is 12.0 Å². The third-order valence-corrected chi connectivity index (χ3v) is 3.26. The van der Waals surface area contributed by atoms with Gasteiger partial charge in [-0.3, -0.25) is 4.79 Å². The van der Waals surface area contributed by atoms with Crippen LogP contribution in [0.15, 0.2) is 30.1 Å². The Labute approximate surface area is 111 Å². The summed E-state index contributed by atoms with van der Waals surface area (Å²) in [5, 5.41) is 0. The molecule has 1 amide bonds. The largest absolute Gasteiger partial charge is 0.489 e. The van der Waals surface area contributed by atoms with Gasteiger partial charge in [0.25, 0.3) is 0 Å². The summed E-state index contributed by atoms with van der Waals surface area (Å²) in [4.78, 5) is 13.3. The van der Waals surface area contributed by atoms with Crippen LogP contribution in [-0.4, -0.2) is 26.1 Å². The Morgan fingerprint density at radius 3 is 3.00 bits per heavy atom. The zero-order chi connectivity index (χ0) is 13.8. The summed E-state index contributed by atoms with van der Waals surface area (Å²) in [6, 6.07) is 5.54. The van der Waals surface area contributed by atoms with E-state index >= 15 is 0 Å². The Balaban J connectivity index is 2.21. The highest BCUT2D eigenvalue weighted by atomic mass is 19.1. The minimum absolute atomic E-state index is 0.0935. The smallest absolute Gasteiger partial charge is 0.227 e. The average Bonchev–Trinajstić information content (AvgIpc) is 2.44. The highest BCUT2D eigenvalue weighted by molar-refractivity contribution is 5.96. The fourth-order valence-electron chi connectivity index (χ4n) is 2.09. The summed E-state index contributed by atoms with van der Waals surface area (Å²) in [5.41, 5.74) is 7.63. The van der Waals surface area contributed by atoms with E-state index in [1.807, 2.05) is 18.2 Å². The lowest BCUT2D eigenvalue weighted by Crippen LogP contribution is -2.31. The van der Waals surface area contributed by atoms with Crippen molar-refractivity contribution >= 4 is 11.6 Å². The molecule has 0 radical (unpaired) electrons. The van der Waals surface area contributed by atoms with Crippen molar-refractivity contribution in [3.05, 3.63) is 35.7 Å². The number of halogens is 1. The fourth-order valence-corrected chi connectivity index (χ4v) is 2.09. The van der Waals surface area contributed by atoms with Crippen molar-refractivity contribution in [3.8, 4) is 5.75 Å². The lowest BCUT2D eigenvalue weighted by Gasteiger charge is -2.27. The van der Waals surface area contributed by atoms with Gasteiger partial charge >= 0.3 is 0 Å². The van der Waals surface area contributed by atoms with E-state index in [2.05, 4.69) is 0 Å². The lowest BCUT2D eigenvalue weighted by molar-refractivity contribution is -0.118. The molecule has 0 spiro atoms. The Bertz CT molecular complexity index is 514. The van der Waals surface area contributed by atoms with Gasteiger partial charge in [-0.15, -0.1) is 0 Å². The van der Waals surface area contributed by atoms with Crippen LogP contribution in [0.25, 0.3) is 0 Å². The number of ether oxygens (including phenoxy) is 1. The SMILES string of the molecule is CN1C(=O)CCc2c(OC/C(=C/F)CN)cccc21. The second kappa shape index (κ2) is 5.84. The molecule has 2 N–H and O–H groups in total. The van der Waals surface area contributed by atoms with Crippen LogP contribution in [0.5, 0.6) is 5.75 Å². The molecule has 5 heteroatoms. The molecule has 19 heavy (non-hydrogen) atoms. The average molecular weight is 264 g/mol. The maximum absolute atomic E-state index is 12.4. The van der Waals surface area contributed by atoms with Gasteiger partial charge in [0.2, 0.25) is 5.91 Å². The number of carbonyl (C=O) groups excluding carboxylic acids is 1. The van der Waals surface area contributed by atoms with Crippen LogP contribution in [0.4, 0.5) is 10.1 Å². The summed E-state index contributed by atoms with van der Waals surface area (Å²) in [7, 11) is 1.75. The molecular weight excluding hydrogens is 247 g/mol. The number of nitrogens with zero attached hydrogens (tertiary/aromatic N) is 1. The van der Waals surface area contributed by atoms with Crippen LogP contribution >= 0.6 is 0 Å². The van der Waals surface area contributed by atoms with Crippen LogP contribution < -0.4 is 15.4 Å². The van der Waals surface area contributed by atoms with E-state index < -0.39 is 0 Å². The van der Waals surface area contributed by atoms with Gasteiger partial charge in [-0.1, -0.05) is 6.07 Å². The molecule has 0 bridgehead atoms. The predicted molar refractivity (Wildman–Crippen MR) is 71.9 cm³/mol. The topological polar surface area (TPSA) is 55.6 Å². The van der Waals surface area contributed by atoms with E-state index in [9.17, 15) is 9.18 Å². The Hall–Kier alpha value is -1.88. The number of anilines is 1. The summed E-state index contributed by atoms with van der Waals surface area (Å²) >= 11 is 0. The maximum Gasteiger partial charge on any atom is 0.227 e. The minimum Gasteiger partial charge on any atom is -0.489 e. The molecular formula is C14H17FN2O2. The number of fused-ring (bicyclic) bond motifs is 1. The number of benzene rings is 1. The Morgan fingerprint density at radius 1 is 1.53 bits per heavy atom. The van der Waals surface area contributed by atoms with Crippen molar-refractivity contribution in [1.29, 1.82) is 0 Å². The highest BCUT2D eigenvalue weighted by Gasteiger charge is 2.23. The van der Waals surface area contributed by atoms with E-state index in [4.69, 9.17) is 10.5 Å².